The van der Waals surface area contributed by atoms with E-state index in [4.69, 9.17) is 0 Å². The lowest BCUT2D eigenvalue weighted by Gasteiger charge is -2.07. The van der Waals surface area contributed by atoms with Gasteiger partial charge in [0, 0.05) is 6.54 Å². The van der Waals surface area contributed by atoms with Gasteiger partial charge in [0.05, 0.1) is 0 Å². The molecule has 0 aliphatic heterocycles. The molecule has 0 aliphatic carbocycles. The Balaban J connectivity index is 2.62. The van der Waals surface area contributed by atoms with Gasteiger partial charge in [0.15, 0.2) is 16.1 Å². The number of alkyl halides is 3. The van der Waals surface area contributed by atoms with Crippen molar-refractivity contribution in [3.8, 4) is 0 Å². The monoisotopic (exact) mass is 341 g/mol. The zero-order valence-electron chi connectivity index (χ0n) is 10.4. The maximum atomic E-state index is 12.6. The van der Waals surface area contributed by atoms with Crippen molar-refractivity contribution in [1.29, 1.82) is 0 Å². The third-order valence-electron chi connectivity index (χ3n) is 2.49. The van der Waals surface area contributed by atoms with E-state index in [-0.39, 0.29) is 4.73 Å². The summed E-state index contributed by atoms with van der Waals surface area (Å²) in [5, 5.41) is 2.44. The van der Waals surface area contributed by atoms with E-state index in [1.165, 1.54) is 0 Å². The molecule has 0 aliphatic rings. The van der Waals surface area contributed by atoms with Gasteiger partial charge in [-0.15, -0.1) is 0 Å². The summed E-state index contributed by atoms with van der Waals surface area (Å²) in [5.74, 6) is -0.814. The number of amides is 1. The summed E-state index contributed by atoms with van der Waals surface area (Å²) in [6.45, 7) is 2.40. The first kappa shape index (κ1) is 16.0. The third-order valence-corrected chi connectivity index (χ3v) is 2.86. The summed E-state index contributed by atoms with van der Waals surface area (Å²) in [4.78, 5) is 17.2. The highest BCUT2D eigenvalue weighted by Gasteiger charge is 2.38. The molecule has 0 saturated heterocycles. The number of halogens is 4. The fourth-order valence-electron chi connectivity index (χ4n) is 1.55. The van der Waals surface area contributed by atoms with Crippen molar-refractivity contribution >= 4 is 21.8 Å². The highest BCUT2D eigenvalue weighted by molar-refractivity contribution is 9.10. The number of imidazole rings is 1. The minimum absolute atomic E-state index is 0.115. The first-order valence-electron chi connectivity index (χ1n) is 5.97. The number of H-pyrrole nitrogens is 1. The Hall–Kier alpha value is -1.05. The second-order valence-electron chi connectivity index (χ2n) is 4.07. The van der Waals surface area contributed by atoms with Crippen LogP contribution in [0.4, 0.5) is 13.2 Å². The van der Waals surface area contributed by atoms with E-state index in [2.05, 4.69) is 33.2 Å². The molecule has 1 aromatic heterocycles. The molecule has 0 spiro atoms. The molecule has 0 radical (unpaired) electrons. The molecule has 19 heavy (non-hydrogen) atoms. The smallest absolute Gasteiger partial charge is 0.351 e. The minimum Gasteiger partial charge on any atom is -0.351 e. The molecule has 4 nitrogen and oxygen atoms in total. The SMILES string of the molecule is CCCCCCNC(=O)c1nc(Br)[nH]c1C(F)(F)F. The maximum absolute atomic E-state index is 12.6. The van der Waals surface area contributed by atoms with Crippen LogP contribution >= 0.6 is 15.9 Å². The normalized spacial score (nSPS) is 11.6. The molecule has 2 N–H and O–H groups in total. The van der Waals surface area contributed by atoms with Crippen LogP contribution in [0.15, 0.2) is 4.73 Å². The van der Waals surface area contributed by atoms with Crippen LogP contribution in [0.5, 0.6) is 0 Å². The van der Waals surface area contributed by atoms with Crippen molar-refractivity contribution in [3.63, 3.8) is 0 Å². The Labute approximate surface area is 117 Å². The van der Waals surface area contributed by atoms with Gasteiger partial charge in [-0.2, -0.15) is 13.2 Å². The van der Waals surface area contributed by atoms with Gasteiger partial charge in [0.2, 0.25) is 0 Å². The summed E-state index contributed by atoms with van der Waals surface area (Å²) in [5.41, 5.74) is -1.76. The van der Waals surface area contributed by atoms with Crippen molar-refractivity contribution in [3.05, 3.63) is 16.1 Å². The van der Waals surface area contributed by atoms with Gasteiger partial charge in [0.25, 0.3) is 5.91 Å². The number of hydrogen-bond acceptors (Lipinski definition) is 2. The molecule has 0 unspecified atom stereocenters. The number of hydrogen-bond donors (Lipinski definition) is 2. The van der Waals surface area contributed by atoms with Crippen LogP contribution in [0.1, 0.15) is 48.8 Å². The molecule has 0 aromatic carbocycles. The molecule has 0 saturated carbocycles. The van der Waals surface area contributed by atoms with Gasteiger partial charge in [-0.05, 0) is 22.4 Å². The second-order valence-corrected chi connectivity index (χ2v) is 4.82. The first-order chi connectivity index (χ1) is 8.86. The molecule has 1 rings (SSSR count). The number of carbonyl (C=O) groups excluding carboxylic acids is 1. The fourth-order valence-corrected chi connectivity index (χ4v) is 1.93. The van der Waals surface area contributed by atoms with E-state index >= 15 is 0 Å². The minimum atomic E-state index is -4.63. The molecular weight excluding hydrogens is 327 g/mol. The molecule has 1 amide bonds. The standard InChI is InChI=1S/C11H15BrF3N3O/c1-2-3-4-5-6-16-9(19)7-8(11(13,14)15)18-10(12)17-7/h2-6H2,1H3,(H,16,19)(H,17,18). The van der Waals surface area contributed by atoms with Crippen LogP contribution in [-0.4, -0.2) is 22.4 Å². The summed E-state index contributed by atoms with van der Waals surface area (Å²) < 4.78 is 37.8. The number of nitrogens with zero attached hydrogens (tertiary/aromatic N) is 1. The fraction of sp³-hybridized carbons (Fsp3) is 0.636. The van der Waals surface area contributed by atoms with Crippen LogP contribution in [0.2, 0.25) is 0 Å². The summed E-state index contributed by atoms with van der Waals surface area (Å²) >= 11 is 2.80. The molecule has 1 aromatic rings. The number of aromatic amines is 1. The van der Waals surface area contributed by atoms with Crippen LogP contribution in [0, 0.1) is 0 Å². The van der Waals surface area contributed by atoms with E-state index in [0.29, 0.717) is 6.54 Å². The molecule has 8 heteroatoms. The number of nitrogens with one attached hydrogen (secondary N) is 2. The Morgan fingerprint density at radius 2 is 2.05 bits per heavy atom. The molecule has 0 bridgehead atoms. The quantitative estimate of drug-likeness (QED) is 0.778. The molecular formula is C11H15BrF3N3O. The topological polar surface area (TPSA) is 57.8 Å². The first-order valence-corrected chi connectivity index (χ1v) is 6.76. The van der Waals surface area contributed by atoms with Crippen LogP contribution < -0.4 is 5.32 Å². The van der Waals surface area contributed by atoms with Crippen LogP contribution in [0.3, 0.4) is 0 Å². The number of carbonyl (C=O) groups is 1. The van der Waals surface area contributed by atoms with Crippen molar-refractivity contribution in [2.45, 2.75) is 38.8 Å². The predicted molar refractivity (Wildman–Crippen MR) is 67.8 cm³/mol. The largest absolute Gasteiger partial charge is 0.433 e. The third kappa shape index (κ3) is 4.85. The highest BCUT2D eigenvalue weighted by Crippen LogP contribution is 2.31. The lowest BCUT2D eigenvalue weighted by molar-refractivity contribution is -0.141. The Kier molecular flexibility index (Phi) is 5.84. The average Bonchev–Trinajstić information content (AvgIpc) is 2.71. The zero-order valence-corrected chi connectivity index (χ0v) is 12.0. The van der Waals surface area contributed by atoms with E-state index in [1.807, 2.05) is 4.98 Å². The lowest BCUT2D eigenvalue weighted by atomic mass is 10.2. The summed E-state index contributed by atoms with van der Waals surface area (Å²) in [7, 11) is 0. The van der Waals surface area contributed by atoms with E-state index in [0.717, 1.165) is 25.7 Å². The molecule has 1 heterocycles. The van der Waals surface area contributed by atoms with Crippen molar-refractivity contribution in [1.82, 2.24) is 15.3 Å². The van der Waals surface area contributed by atoms with Crippen LogP contribution in [-0.2, 0) is 6.18 Å². The number of rotatable bonds is 6. The van der Waals surface area contributed by atoms with Gasteiger partial charge >= 0.3 is 6.18 Å². The molecule has 0 fully saturated rings. The van der Waals surface area contributed by atoms with E-state index in [1.54, 1.807) is 0 Å². The van der Waals surface area contributed by atoms with Gasteiger partial charge in [0.1, 0.15) is 0 Å². The second kappa shape index (κ2) is 6.93. The summed E-state index contributed by atoms with van der Waals surface area (Å²) in [6, 6.07) is 0. The summed E-state index contributed by atoms with van der Waals surface area (Å²) in [6.07, 6.45) is -0.857. The highest BCUT2D eigenvalue weighted by atomic mass is 79.9. The van der Waals surface area contributed by atoms with E-state index in [9.17, 15) is 18.0 Å². The van der Waals surface area contributed by atoms with Crippen molar-refractivity contribution in [2.24, 2.45) is 0 Å². The van der Waals surface area contributed by atoms with Crippen molar-refractivity contribution in [2.75, 3.05) is 6.54 Å². The number of unbranched alkanes of at least 4 members (excludes halogenated alkanes) is 3. The Morgan fingerprint density at radius 1 is 1.37 bits per heavy atom. The maximum Gasteiger partial charge on any atom is 0.433 e. The van der Waals surface area contributed by atoms with Gasteiger partial charge < -0.3 is 10.3 Å². The molecule has 108 valence electrons. The zero-order chi connectivity index (χ0) is 14.5. The molecule has 0 atom stereocenters. The average molecular weight is 342 g/mol. The van der Waals surface area contributed by atoms with Crippen molar-refractivity contribution < 1.29 is 18.0 Å². The predicted octanol–water partition coefficient (Wildman–Crippen LogP) is 3.50. The Morgan fingerprint density at radius 3 is 2.63 bits per heavy atom. The van der Waals surface area contributed by atoms with Gasteiger partial charge in [-0.25, -0.2) is 4.98 Å². The van der Waals surface area contributed by atoms with Gasteiger partial charge in [-0.1, -0.05) is 26.2 Å². The van der Waals surface area contributed by atoms with Crippen LogP contribution in [0.25, 0.3) is 0 Å². The Bertz CT molecular complexity index is 431. The van der Waals surface area contributed by atoms with E-state index < -0.39 is 23.5 Å². The lowest BCUT2D eigenvalue weighted by Crippen LogP contribution is -2.27. The number of aromatic nitrogens is 2. The van der Waals surface area contributed by atoms with Gasteiger partial charge in [-0.3, -0.25) is 4.79 Å².